The number of aryl methyl sites for hydroxylation is 2. The molecule has 1 fully saturated rings. The molecule has 0 spiro atoms. The number of methoxy groups -OCH3 is 1. The van der Waals surface area contributed by atoms with Gasteiger partial charge in [0.1, 0.15) is 6.04 Å². The third-order valence-electron chi connectivity index (χ3n) is 4.01. The van der Waals surface area contributed by atoms with Gasteiger partial charge in [-0.2, -0.15) is 0 Å². The number of amides is 1. The fourth-order valence-corrected chi connectivity index (χ4v) is 2.87. The molecule has 0 aliphatic carbocycles. The molecule has 21 heavy (non-hydrogen) atoms. The lowest BCUT2D eigenvalue weighted by molar-refractivity contribution is -0.154. The van der Waals surface area contributed by atoms with E-state index >= 15 is 0 Å². The van der Waals surface area contributed by atoms with Gasteiger partial charge in [-0.05, 0) is 38.2 Å². The lowest BCUT2D eigenvalue weighted by Crippen LogP contribution is -2.48. The lowest BCUT2D eigenvalue weighted by Gasteiger charge is -2.33. The summed E-state index contributed by atoms with van der Waals surface area (Å²) in [4.78, 5) is 25.9. The predicted octanol–water partition coefficient (Wildman–Crippen LogP) is 2.48. The summed E-state index contributed by atoms with van der Waals surface area (Å²) in [7, 11) is 1.38. The molecule has 0 aromatic heterocycles. The normalized spacial score (nSPS) is 18.4. The van der Waals surface area contributed by atoms with Crippen LogP contribution in [0.2, 0.25) is 0 Å². The van der Waals surface area contributed by atoms with Crippen LogP contribution in [0.15, 0.2) is 24.3 Å². The van der Waals surface area contributed by atoms with Gasteiger partial charge in [-0.1, -0.05) is 29.8 Å². The molecule has 0 N–H and O–H groups in total. The van der Waals surface area contributed by atoms with E-state index in [4.69, 9.17) is 4.74 Å². The first-order valence-corrected chi connectivity index (χ1v) is 7.54. The maximum atomic E-state index is 12.4. The topological polar surface area (TPSA) is 46.6 Å². The van der Waals surface area contributed by atoms with Crippen molar-refractivity contribution in [3.05, 3.63) is 35.4 Å². The van der Waals surface area contributed by atoms with Crippen LogP contribution in [0.4, 0.5) is 0 Å². The van der Waals surface area contributed by atoms with Crippen LogP contribution < -0.4 is 0 Å². The summed E-state index contributed by atoms with van der Waals surface area (Å²) in [6, 6.07) is 7.79. The standard InChI is InChI=1S/C17H23NO3/c1-13-6-5-7-14(12-13)9-10-16(19)18-11-4-3-8-15(18)17(20)21-2/h5-7,12,15H,3-4,8-11H2,1-2H3/t15-/m1/s1. The minimum absolute atomic E-state index is 0.0478. The number of esters is 1. The predicted molar refractivity (Wildman–Crippen MR) is 80.9 cm³/mol. The largest absolute Gasteiger partial charge is 0.467 e. The first-order chi connectivity index (χ1) is 10.1. The Hall–Kier alpha value is -1.84. The van der Waals surface area contributed by atoms with Crippen molar-refractivity contribution in [2.45, 2.75) is 45.1 Å². The van der Waals surface area contributed by atoms with Gasteiger partial charge in [-0.25, -0.2) is 4.79 Å². The van der Waals surface area contributed by atoms with E-state index in [1.165, 1.54) is 12.7 Å². The Morgan fingerprint density at radius 1 is 1.33 bits per heavy atom. The van der Waals surface area contributed by atoms with Gasteiger partial charge >= 0.3 is 5.97 Å². The SMILES string of the molecule is COC(=O)[C@H]1CCCCN1C(=O)CCc1cccc(C)c1. The summed E-state index contributed by atoms with van der Waals surface area (Å²) < 4.78 is 4.82. The van der Waals surface area contributed by atoms with E-state index in [9.17, 15) is 9.59 Å². The molecule has 2 rings (SSSR count). The highest BCUT2D eigenvalue weighted by atomic mass is 16.5. The molecule has 114 valence electrons. The van der Waals surface area contributed by atoms with Crippen LogP contribution in [0.1, 0.15) is 36.8 Å². The molecule has 1 aliphatic heterocycles. The van der Waals surface area contributed by atoms with Gasteiger partial charge in [0.2, 0.25) is 5.91 Å². The Labute approximate surface area is 126 Å². The summed E-state index contributed by atoms with van der Waals surface area (Å²) in [6.07, 6.45) is 3.80. The van der Waals surface area contributed by atoms with Gasteiger partial charge in [0, 0.05) is 13.0 Å². The van der Waals surface area contributed by atoms with E-state index in [2.05, 4.69) is 6.07 Å². The van der Waals surface area contributed by atoms with Crippen molar-refractivity contribution in [3.63, 3.8) is 0 Å². The fraction of sp³-hybridized carbons (Fsp3) is 0.529. The molecular formula is C17H23NO3. The number of rotatable bonds is 4. The van der Waals surface area contributed by atoms with Crippen molar-refractivity contribution in [2.75, 3.05) is 13.7 Å². The average Bonchev–Trinajstić information content (AvgIpc) is 2.52. The second-order valence-corrected chi connectivity index (χ2v) is 5.61. The number of carbonyl (C=O) groups excluding carboxylic acids is 2. The molecule has 1 heterocycles. The van der Waals surface area contributed by atoms with Crippen LogP contribution in [0.25, 0.3) is 0 Å². The van der Waals surface area contributed by atoms with Gasteiger partial charge in [0.15, 0.2) is 0 Å². The Morgan fingerprint density at radius 2 is 2.14 bits per heavy atom. The van der Waals surface area contributed by atoms with Gasteiger partial charge in [0.25, 0.3) is 0 Å². The first kappa shape index (κ1) is 15.5. The highest BCUT2D eigenvalue weighted by Crippen LogP contribution is 2.20. The number of hydrogen-bond donors (Lipinski definition) is 0. The van der Waals surface area contributed by atoms with Crippen LogP contribution in [-0.4, -0.2) is 36.5 Å². The van der Waals surface area contributed by atoms with E-state index in [0.717, 1.165) is 18.4 Å². The fourth-order valence-electron chi connectivity index (χ4n) is 2.87. The molecular weight excluding hydrogens is 266 g/mol. The molecule has 1 atom stereocenters. The Morgan fingerprint density at radius 3 is 2.86 bits per heavy atom. The minimum atomic E-state index is -0.395. The quantitative estimate of drug-likeness (QED) is 0.800. The highest BCUT2D eigenvalue weighted by molar-refractivity contribution is 5.84. The van der Waals surface area contributed by atoms with Crippen LogP contribution in [0.5, 0.6) is 0 Å². The van der Waals surface area contributed by atoms with Crippen molar-refractivity contribution in [1.29, 1.82) is 0 Å². The van der Waals surface area contributed by atoms with Crippen molar-refractivity contribution in [2.24, 2.45) is 0 Å². The van der Waals surface area contributed by atoms with Crippen molar-refractivity contribution in [1.82, 2.24) is 4.90 Å². The zero-order valence-electron chi connectivity index (χ0n) is 12.8. The van der Waals surface area contributed by atoms with E-state index in [1.54, 1.807) is 4.90 Å². The summed E-state index contributed by atoms with van der Waals surface area (Å²) >= 11 is 0. The molecule has 1 amide bonds. The molecule has 0 radical (unpaired) electrons. The molecule has 1 aliphatic rings. The molecule has 1 saturated heterocycles. The van der Waals surface area contributed by atoms with Crippen molar-refractivity contribution < 1.29 is 14.3 Å². The first-order valence-electron chi connectivity index (χ1n) is 7.54. The van der Waals surface area contributed by atoms with Crippen LogP contribution in [0.3, 0.4) is 0 Å². The third kappa shape index (κ3) is 4.06. The number of ether oxygens (including phenoxy) is 1. The maximum absolute atomic E-state index is 12.4. The third-order valence-corrected chi connectivity index (χ3v) is 4.01. The molecule has 0 bridgehead atoms. The average molecular weight is 289 g/mol. The molecule has 4 nitrogen and oxygen atoms in total. The molecule has 0 saturated carbocycles. The van der Waals surface area contributed by atoms with Gasteiger partial charge < -0.3 is 9.64 Å². The van der Waals surface area contributed by atoms with Gasteiger partial charge in [-0.3, -0.25) is 4.79 Å². The van der Waals surface area contributed by atoms with E-state index in [1.807, 2.05) is 25.1 Å². The van der Waals surface area contributed by atoms with Crippen LogP contribution >= 0.6 is 0 Å². The summed E-state index contributed by atoms with van der Waals surface area (Å²) in [5, 5.41) is 0. The summed E-state index contributed by atoms with van der Waals surface area (Å²) in [6.45, 7) is 2.70. The Bertz CT molecular complexity index is 513. The minimum Gasteiger partial charge on any atom is -0.467 e. The molecule has 1 aromatic rings. The summed E-state index contributed by atoms with van der Waals surface area (Å²) in [5.41, 5.74) is 2.36. The number of piperidine rings is 1. The van der Waals surface area contributed by atoms with E-state index in [-0.39, 0.29) is 11.9 Å². The Kier molecular flexibility index (Phi) is 5.37. The van der Waals surface area contributed by atoms with Gasteiger partial charge in [-0.15, -0.1) is 0 Å². The molecule has 1 aromatic carbocycles. The molecule has 4 heteroatoms. The van der Waals surface area contributed by atoms with Crippen molar-refractivity contribution >= 4 is 11.9 Å². The van der Waals surface area contributed by atoms with Crippen LogP contribution in [0, 0.1) is 6.92 Å². The summed E-state index contributed by atoms with van der Waals surface area (Å²) in [5.74, 6) is -0.245. The van der Waals surface area contributed by atoms with E-state index in [0.29, 0.717) is 25.8 Å². The lowest BCUT2D eigenvalue weighted by atomic mass is 10.0. The maximum Gasteiger partial charge on any atom is 0.328 e. The van der Waals surface area contributed by atoms with E-state index < -0.39 is 6.04 Å². The monoisotopic (exact) mass is 289 g/mol. The van der Waals surface area contributed by atoms with Gasteiger partial charge in [0.05, 0.1) is 7.11 Å². The number of carbonyl (C=O) groups is 2. The highest BCUT2D eigenvalue weighted by Gasteiger charge is 2.32. The smallest absolute Gasteiger partial charge is 0.328 e. The number of hydrogen-bond acceptors (Lipinski definition) is 3. The molecule has 0 unspecified atom stereocenters. The zero-order valence-corrected chi connectivity index (χ0v) is 12.8. The van der Waals surface area contributed by atoms with Crippen molar-refractivity contribution in [3.8, 4) is 0 Å². The number of nitrogens with zero attached hydrogens (tertiary/aromatic N) is 1. The van der Waals surface area contributed by atoms with Crippen LogP contribution in [-0.2, 0) is 20.7 Å². The Balaban J connectivity index is 1.96. The number of likely N-dealkylation sites (tertiary alicyclic amines) is 1. The zero-order chi connectivity index (χ0) is 15.2. The second kappa shape index (κ2) is 7.25. The second-order valence-electron chi connectivity index (χ2n) is 5.61. The number of benzene rings is 1.